The molecule has 7 nitrogen and oxygen atoms in total. The van der Waals surface area contributed by atoms with E-state index in [1.807, 2.05) is 37.3 Å². The summed E-state index contributed by atoms with van der Waals surface area (Å²) in [6.07, 6.45) is 0.807. The molecule has 1 N–H and O–H groups in total. The number of nitrogens with one attached hydrogen (secondary N) is 1. The Labute approximate surface area is 168 Å². The third-order valence-electron chi connectivity index (χ3n) is 4.31. The Morgan fingerprint density at radius 1 is 1.21 bits per heavy atom. The summed E-state index contributed by atoms with van der Waals surface area (Å²) in [5.41, 5.74) is 4.29. The van der Waals surface area contributed by atoms with Crippen LogP contribution in [0.1, 0.15) is 16.7 Å². The van der Waals surface area contributed by atoms with Gasteiger partial charge in [-0.2, -0.15) is 4.68 Å². The predicted molar refractivity (Wildman–Crippen MR) is 109 cm³/mol. The second-order valence-corrected chi connectivity index (χ2v) is 7.31. The first-order valence-corrected chi connectivity index (χ1v) is 9.94. The second kappa shape index (κ2) is 9.36. The fraction of sp³-hybridized carbons (Fsp3) is 0.300. The van der Waals surface area contributed by atoms with Gasteiger partial charge in [0.05, 0.1) is 12.9 Å². The van der Waals surface area contributed by atoms with Crippen molar-refractivity contribution in [3.05, 3.63) is 59.2 Å². The number of amides is 1. The lowest BCUT2D eigenvalue weighted by Crippen LogP contribution is -2.27. The Kier molecular flexibility index (Phi) is 6.65. The van der Waals surface area contributed by atoms with E-state index in [2.05, 4.69) is 39.9 Å². The van der Waals surface area contributed by atoms with Gasteiger partial charge in [0.2, 0.25) is 11.1 Å². The van der Waals surface area contributed by atoms with Crippen molar-refractivity contribution in [2.45, 2.75) is 25.4 Å². The van der Waals surface area contributed by atoms with Crippen LogP contribution in [-0.4, -0.2) is 45.5 Å². The molecule has 0 aliphatic heterocycles. The predicted octanol–water partition coefficient (Wildman–Crippen LogP) is 2.74. The van der Waals surface area contributed by atoms with E-state index in [9.17, 15) is 4.79 Å². The molecule has 0 saturated heterocycles. The number of benzene rings is 2. The second-order valence-electron chi connectivity index (χ2n) is 6.36. The van der Waals surface area contributed by atoms with Gasteiger partial charge in [-0.3, -0.25) is 4.79 Å². The van der Waals surface area contributed by atoms with E-state index in [1.165, 1.54) is 22.9 Å². The summed E-state index contributed by atoms with van der Waals surface area (Å²) in [6.45, 7) is 4.66. The number of thioether (sulfide) groups is 1. The molecule has 0 spiro atoms. The van der Waals surface area contributed by atoms with Crippen LogP contribution in [0.4, 0.5) is 0 Å². The van der Waals surface area contributed by atoms with Gasteiger partial charge in [0.15, 0.2) is 0 Å². The van der Waals surface area contributed by atoms with Gasteiger partial charge in [-0.15, -0.1) is 5.10 Å². The third kappa shape index (κ3) is 4.89. The van der Waals surface area contributed by atoms with Crippen LogP contribution < -0.4 is 10.1 Å². The first-order valence-electron chi connectivity index (χ1n) is 8.96. The molecule has 2 aromatic carbocycles. The van der Waals surface area contributed by atoms with Crippen LogP contribution in [0.2, 0.25) is 0 Å². The van der Waals surface area contributed by atoms with Gasteiger partial charge in [-0.1, -0.05) is 42.1 Å². The van der Waals surface area contributed by atoms with Gasteiger partial charge in [-0.05, 0) is 59.5 Å². The van der Waals surface area contributed by atoms with Crippen molar-refractivity contribution in [1.82, 2.24) is 25.5 Å². The van der Waals surface area contributed by atoms with Gasteiger partial charge >= 0.3 is 0 Å². The van der Waals surface area contributed by atoms with E-state index in [1.54, 1.807) is 11.8 Å². The van der Waals surface area contributed by atoms with Gasteiger partial charge in [0, 0.05) is 6.54 Å². The van der Waals surface area contributed by atoms with Crippen LogP contribution in [-0.2, 0) is 11.2 Å². The average molecular weight is 398 g/mol. The summed E-state index contributed by atoms with van der Waals surface area (Å²) in [4.78, 5) is 12.2. The van der Waals surface area contributed by atoms with Gasteiger partial charge in [0.25, 0.3) is 0 Å². The molecule has 1 amide bonds. The summed E-state index contributed by atoms with van der Waals surface area (Å²) in [7, 11) is 1.60. The number of aromatic nitrogens is 4. The minimum absolute atomic E-state index is 0.0515. The van der Waals surface area contributed by atoms with E-state index in [4.69, 9.17) is 4.74 Å². The lowest BCUT2D eigenvalue weighted by molar-refractivity contribution is -0.118. The molecule has 0 radical (unpaired) electrons. The van der Waals surface area contributed by atoms with Crippen molar-refractivity contribution in [1.29, 1.82) is 0 Å². The van der Waals surface area contributed by atoms with Crippen molar-refractivity contribution in [3.8, 4) is 11.4 Å². The highest BCUT2D eigenvalue weighted by Gasteiger charge is 2.15. The molecule has 8 heteroatoms. The summed E-state index contributed by atoms with van der Waals surface area (Å²) < 4.78 is 7.00. The maximum Gasteiger partial charge on any atom is 0.230 e. The monoisotopic (exact) mass is 397 g/mol. The smallest absolute Gasteiger partial charge is 0.230 e. The zero-order valence-electron chi connectivity index (χ0n) is 16.2. The van der Waals surface area contributed by atoms with E-state index >= 15 is 0 Å². The maximum atomic E-state index is 12.2. The third-order valence-corrected chi connectivity index (χ3v) is 5.23. The van der Waals surface area contributed by atoms with Crippen LogP contribution in [0.25, 0.3) is 5.69 Å². The minimum atomic E-state index is -0.0515. The van der Waals surface area contributed by atoms with Crippen molar-refractivity contribution in [2.75, 3.05) is 19.4 Å². The lowest BCUT2D eigenvalue weighted by atomic mass is 10.1. The van der Waals surface area contributed by atoms with E-state index in [0.29, 0.717) is 17.5 Å². The van der Waals surface area contributed by atoms with Crippen molar-refractivity contribution >= 4 is 17.7 Å². The van der Waals surface area contributed by atoms with E-state index in [0.717, 1.165) is 17.7 Å². The molecule has 0 saturated carbocycles. The maximum absolute atomic E-state index is 12.2. The number of hydrogen-bond acceptors (Lipinski definition) is 6. The highest BCUT2D eigenvalue weighted by atomic mass is 32.2. The van der Waals surface area contributed by atoms with Gasteiger partial charge < -0.3 is 10.1 Å². The number of hydrogen-bond donors (Lipinski definition) is 1. The number of rotatable bonds is 8. The Bertz CT molecular complexity index is 957. The normalized spacial score (nSPS) is 10.7. The molecule has 0 aliphatic carbocycles. The van der Waals surface area contributed by atoms with E-state index < -0.39 is 0 Å². The molecule has 0 fully saturated rings. The van der Waals surface area contributed by atoms with Crippen molar-refractivity contribution in [2.24, 2.45) is 0 Å². The topological polar surface area (TPSA) is 81.9 Å². The Morgan fingerprint density at radius 2 is 2.04 bits per heavy atom. The molecule has 0 unspecified atom stereocenters. The first-order chi connectivity index (χ1) is 13.6. The fourth-order valence-electron chi connectivity index (χ4n) is 2.79. The Morgan fingerprint density at radius 3 is 2.82 bits per heavy atom. The van der Waals surface area contributed by atoms with Crippen LogP contribution >= 0.6 is 11.8 Å². The molecule has 3 rings (SSSR count). The summed E-state index contributed by atoms with van der Waals surface area (Å²) in [6, 6.07) is 14.0. The van der Waals surface area contributed by atoms with Crippen LogP contribution in [0.15, 0.2) is 47.6 Å². The molecule has 146 valence electrons. The molecule has 0 aliphatic rings. The molecule has 3 aromatic rings. The Balaban J connectivity index is 1.57. The summed E-state index contributed by atoms with van der Waals surface area (Å²) in [5, 5.41) is 15.3. The van der Waals surface area contributed by atoms with Crippen LogP contribution in [0.3, 0.4) is 0 Å². The Hall–Kier alpha value is -2.87. The van der Waals surface area contributed by atoms with Gasteiger partial charge in [-0.25, -0.2) is 0 Å². The number of carbonyl (C=O) groups excluding carboxylic acids is 1. The quantitative estimate of drug-likeness (QED) is 0.589. The standard InChI is InChI=1S/C20H23N5O2S/c1-14-8-9-18(27-3)17(12-14)25-20(22-23-24-25)28-13-19(26)21-11-10-16-7-5-4-6-15(16)2/h4-9,12H,10-11,13H2,1-3H3,(H,21,26). The molecule has 28 heavy (non-hydrogen) atoms. The summed E-state index contributed by atoms with van der Waals surface area (Å²) in [5.74, 6) is 0.856. The van der Waals surface area contributed by atoms with Crippen LogP contribution in [0, 0.1) is 13.8 Å². The first kappa shape index (κ1) is 19.9. The molecule has 0 bridgehead atoms. The molecule has 1 aromatic heterocycles. The molecule has 1 heterocycles. The molecule has 0 atom stereocenters. The minimum Gasteiger partial charge on any atom is -0.494 e. The number of aryl methyl sites for hydroxylation is 2. The van der Waals surface area contributed by atoms with Crippen LogP contribution in [0.5, 0.6) is 5.75 Å². The highest BCUT2D eigenvalue weighted by Crippen LogP contribution is 2.26. The fourth-order valence-corrected chi connectivity index (χ4v) is 3.51. The number of methoxy groups -OCH3 is 1. The number of tetrazole rings is 1. The van der Waals surface area contributed by atoms with Crippen molar-refractivity contribution < 1.29 is 9.53 Å². The zero-order chi connectivity index (χ0) is 19.9. The highest BCUT2D eigenvalue weighted by molar-refractivity contribution is 7.99. The van der Waals surface area contributed by atoms with Crippen molar-refractivity contribution in [3.63, 3.8) is 0 Å². The average Bonchev–Trinajstić information content (AvgIpc) is 3.16. The largest absolute Gasteiger partial charge is 0.494 e. The zero-order valence-corrected chi connectivity index (χ0v) is 17.0. The molecular formula is C20H23N5O2S. The van der Waals surface area contributed by atoms with Gasteiger partial charge in [0.1, 0.15) is 11.4 Å². The number of ether oxygens (including phenoxy) is 1. The SMILES string of the molecule is COc1ccc(C)cc1-n1nnnc1SCC(=O)NCCc1ccccc1C. The van der Waals surface area contributed by atoms with E-state index in [-0.39, 0.29) is 11.7 Å². The summed E-state index contributed by atoms with van der Waals surface area (Å²) >= 11 is 1.29. The number of nitrogens with zero attached hydrogens (tertiary/aromatic N) is 4. The molecular weight excluding hydrogens is 374 g/mol. The lowest BCUT2D eigenvalue weighted by Gasteiger charge is -2.10. The number of carbonyl (C=O) groups is 1.